The Kier molecular flexibility index (Phi) is 3.59. The van der Waals surface area contributed by atoms with Gasteiger partial charge in [0.15, 0.2) is 0 Å². The molecule has 2 heterocycles. The van der Waals surface area contributed by atoms with Crippen molar-refractivity contribution in [3.63, 3.8) is 0 Å². The Morgan fingerprint density at radius 1 is 1.62 bits per heavy atom. The summed E-state index contributed by atoms with van der Waals surface area (Å²) >= 11 is 3.34. The number of hydrogen-bond acceptors (Lipinski definition) is 4. The topological polar surface area (TPSA) is 68.4 Å². The van der Waals surface area contributed by atoms with Gasteiger partial charge >= 0.3 is 0 Å². The lowest BCUT2D eigenvalue weighted by atomic mass is 9.79. The summed E-state index contributed by atoms with van der Waals surface area (Å²) in [6.45, 7) is 1.59. The second-order valence-electron chi connectivity index (χ2n) is 4.21. The predicted octanol–water partition coefficient (Wildman–Crippen LogP) is 1.24. The molecule has 2 atom stereocenters. The summed E-state index contributed by atoms with van der Waals surface area (Å²) in [6.07, 6.45) is 3.53. The molecule has 0 aliphatic carbocycles. The number of rotatable bonds is 3. The van der Waals surface area contributed by atoms with Gasteiger partial charge in [-0.2, -0.15) is 0 Å². The highest BCUT2D eigenvalue weighted by Gasteiger charge is 2.41. The van der Waals surface area contributed by atoms with E-state index < -0.39 is 6.10 Å². The molecule has 1 aliphatic heterocycles. The molecule has 2 unspecified atom stereocenters. The highest BCUT2D eigenvalue weighted by atomic mass is 79.9. The summed E-state index contributed by atoms with van der Waals surface area (Å²) in [5.41, 5.74) is 6.20. The molecule has 1 saturated heterocycles. The van der Waals surface area contributed by atoms with Gasteiger partial charge in [-0.1, -0.05) is 0 Å². The van der Waals surface area contributed by atoms with E-state index in [1.807, 2.05) is 6.07 Å². The van der Waals surface area contributed by atoms with E-state index in [1.54, 1.807) is 12.4 Å². The molecule has 0 radical (unpaired) electrons. The number of nitrogens with two attached hydrogens (primary N) is 1. The molecular weight excluding hydrogens is 272 g/mol. The molecule has 1 aliphatic rings. The minimum absolute atomic E-state index is 0.359. The second kappa shape index (κ2) is 4.79. The SMILES string of the molecule is NCC1(C(O)c2cncc(Br)c2)CCOC1. The quantitative estimate of drug-likeness (QED) is 0.877. The van der Waals surface area contributed by atoms with Crippen LogP contribution in [0.15, 0.2) is 22.9 Å². The van der Waals surface area contributed by atoms with Gasteiger partial charge in [0.25, 0.3) is 0 Å². The lowest BCUT2D eigenvalue weighted by Gasteiger charge is -2.31. The monoisotopic (exact) mass is 286 g/mol. The van der Waals surface area contributed by atoms with E-state index >= 15 is 0 Å². The second-order valence-corrected chi connectivity index (χ2v) is 5.12. The predicted molar refractivity (Wildman–Crippen MR) is 63.8 cm³/mol. The first-order valence-corrected chi connectivity index (χ1v) is 6.03. The highest BCUT2D eigenvalue weighted by molar-refractivity contribution is 9.10. The van der Waals surface area contributed by atoms with Crippen LogP contribution in [0.4, 0.5) is 0 Å². The normalized spacial score (nSPS) is 26.9. The molecule has 0 amide bonds. The maximum atomic E-state index is 10.4. The minimum Gasteiger partial charge on any atom is -0.388 e. The molecule has 2 rings (SSSR count). The summed E-state index contributed by atoms with van der Waals surface area (Å²) < 4.78 is 6.21. The molecule has 1 aromatic heterocycles. The van der Waals surface area contributed by atoms with Crippen LogP contribution in [0.1, 0.15) is 18.1 Å². The van der Waals surface area contributed by atoms with E-state index in [0.29, 0.717) is 19.8 Å². The summed E-state index contributed by atoms with van der Waals surface area (Å²) in [5.74, 6) is 0. The van der Waals surface area contributed by atoms with Gasteiger partial charge < -0.3 is 15.6 Å². The Labute approximate surface area is 103 Å². The van der Waals surface area contributed by atoms with Crippen molar-refractivity contribution in [1.29, 1.82) is 0 Å². The molecule has 5 heteroatoms. The van der Waals surface area contributed by atoms with Crippen LogP contribution in [-0.4, -0.2) is 29.8 Å². The fourth-order valence-electron chi connectivity index (χ4n) is 2.04. The van der Waals surface area contributed by atoms with Crippen LogP contribution < -0.4 is 5.73 Å². The zero-order chi connectivity index (χ0) is 11.6. The number of aromatic nitrogens is 1. The maximum Gasteiger partial charge on any atom is 0.0896 e. The number of pyridine rings is 1. The van der Waals surface area contributed by atoms with E-state index in [0.717, 1.165) is 16.5 Å². The first-order valence-electron chi connectivity index (χ1n) is 5.24. The molecule has 0 bridgehead atoms. The molecule has 0 spiro atoms. The molecule has 16 heavy (non-hydrogen) atoms. The Morgan fingerprint density at radius 2 is 2.44 bits per heavy atom. The van der Waals surface area contributed by atoms with Gasteiger partial charge in [-0.25, -0.2) is 0 Å². The van der Waals surface area contributed by atoms with Crippen LogP contribution >= 0.6 is 15.9 Å². The van der Waals surface area contributed by atoms with Crippen molar-refractivity contribution in [3.05, 3.63) is 28.5 Å². The zero-order valence-electron chi connectivity index (χ0n) is 8.90. The lowest BCUT2D eigenvalue weighted by molar-refractivity contribution is 0.0188. The van der Waals surface area contributed by atoms with E-state index in [1.165, 1.54) is 0 Å². The van der Waals surface area contributed by atoms with Crippen molar-refractivity contribution < 1.29 is 9.84 Å². The van der Waals surface area contributed by atoms with Gasteiger partial charge in [0.1, 0.15) is 0 Å². The number of aliphatic hydroxyl groups excluding tert-OH is 1. The van der Waals surface area contributed by atoms with Crippen molar-refractivity contribution in [3.8, 4) is 0 Å². The Bertz CT molecular complexity index is 367. The molecule has 1 fully saturated rings. The number of nitrogens with zero attached hydrogens (tertiary/aromatic N) is 1. The summed E-state index contributed by atoms with van der Waals surface area (Å²) in [5, 5.41) is 10.4. The molecule has 3 N–H and O–H groups in total. The van der Waals surface area contributed by atoms with Crippen LogP contribution in [0, 0.1) is 5.41 Å². The van der Waals surface area contributed by atoms with Crippen LogP contribution in [-0.2, 0) is 4.74 Å². The first-order chi connectivity index (χ1) is 7.68. The van der Waals surface area contributed by atoms with Gasteiger partial charge in [-0.3, -0.25) is 4.98 Å². The number of aliphatic hydroxyl groups is 1. The Morgan fingerprint density at radius 3 is 3.00 bits per heavy atom. The van der Waals surface area contributed by atoms with Crippen LogP contribution in [0.25, 0.3) is 0 Å². The fraction of sp³-hybridized carbons (Fsp3) is 0.545. The van der Waals surface area contributed by atoms with Gasteiger partial charge in [-0.15, -0.1) is 0 Å². The van der Waals surface area contributed by atoms with Gasteiger partial charge in [0.05, 0.1) is 12.7 Å². The largest absolute Gasteiger partial charge is 0.388 e. The van der Waals surface area contributed by atoms with Crippen LogP contribution in [0.3, 0.4) is 0 Å². The number of halogens is 1. The zero-order valence-corrected chi connectivity index (χ0v) is 10.5. The maximum absolute atomic E-state index is 10.4. The smallest absolute Gasteiger partial charge is 0.0896 e. The van der Waals surface area contributed by atoms with Crippen molar-refractivity contribution in [2.24, 2.45) is 11.1 Å². The Hall–Kier alpha value is -0.490. The average Bonchev–Trinajstić information content (AvgIpc) is 2.78. The Balaban J connectivity index is 2.26. The van der Waals surface area contributed by atoms with Crippen molar-refractivity contribution in [2.45, 2.75) is 12.5 Å². The van der Waals surface area contributed by atoms with E-state index in [9.17, 15) is 5.11 Å². The van der Waals surface area contributed by atoms with Gasteiger partial charge in [0, 0.05) is 41.0 Å². The third-order valence-electron chi connectivity index (χ3n) is 3.16. The first kappa shape index (κ1) is 12.0. The molecule has 88 valence electrons. The molecule has 0 saturated carbocycles. The van der Waals surface area contributed by atoms with Gasteiger partial charge in [-0.05, 0) is 28.4 Å². The molecule has 4 nitrogen and oxygen atoms in total. The third kappa shape index (κ3) is 2.13. The van der Waals surface area contributed by atoms with Crippen molar-refractivity contribution >= 4 is 15.9 Å². The molecular formula is C11H15BrN2O2. The lowest BCUT2D eigenvalue weighted by Crippen LogP contribution is -2.37. The molecule has 0 aromatic carbocycles. The summed E-state index contributed by atoms with van der Waals surface area (Å²) in [4.78, 5) is 4.05. The van der Waals surface area contributed by atoms with E-state index in [2.05, 4.69) is 20.9 Å². The van der Waals surface area contributed by atoms with Gasteiger partial charge in [0.2, 0.25) is 0 Å². The van der Waals surface area contributed by atoms with Crippen LogP contribution in [0.2, 0.25) is 0 Å². The molecule has 1 aromatic rings. The summed E-state index contributed by atoms with van der Waals surface area (Å²) in [7, 11) is 0. The van der Waals surface area contributed by atoms with Crippen molar-refractivity contribution in [1.82, 2.24) is 4.98 Å². The van der Waals surface area contributed by atoms with E-state index in [-0.39, 0.29) is 5.41 Å². The highest BCUT2D eigenvalue weighted by Crippen LogP contribution is 2.40. The number of ether oxygens (including phenoxy) is 1. The minimum atomic E-state index is -0.620. The summed E-state index contributed by atoms with van der Waals surface area (Å²) in [6, 6.07) is 1.87. The standard InChI is InChI=1S/C11H15BrN2O2/c12-9-3-8(4-14-5-9)10(15)11(6-13)1-2-16-7-11/h3-5,10,15H,1-2,6-7,13H2. The van der Waals surface area contributed by atoms with E-state index in [4.69, 9.17) is 10.5 Å². The average molecular weight is 287 g/mol. The third-order valence-corrected chi connectivity index (χ3v) is 3.60. The fourth-order valence-corrected chi connectivity index (χ4v) is 2.43. The number of hydrogen-bond donors (Lipinski definition) is 2. The van der Waals surface area contributed by atoms with Crippen LogP contribution in [0.5, 0.6) is 0 Å². The van der Waals surface area contributed by atoms with Crippen molar-refractivity contribution in [2.75, 3.05) is 19.8 Å².